The molecule has 7 N–H and O–H groups in total. The summed E-state index contributed by atoms with van der Waals surface area (Å²) in [5.41, 5.74) is 11.0. The molecule has 113 valence electrons. The van der Waals surface area contributed by atoms with Gasteiger partial charge in [0.15, 0.2) is 17.4 Å². The molecule has 0 aliphatic carbocycles. The fourth-order valence-electron chi connectivity index (χ4n) is 2.33. The molecule has 0 spiro atoms. The number of imidazole rings is 1. The second-order valence-electron chi connectivity index (χ2n) is 4.63. The molecule has 1 aliphatic heterocycles. The van der Waals surface area contributed by atoms with Crippen LogP contribution in [0.3, 0.4) is 0 Å². The first-order valence-corrected chi connectivity index (χ1v) is 6.04. The number of fused-ring (bicyclic) bond motifs is 1. The van der Waals surface area contributed by atoms with E-state index in [-0.39, 0.29) is 23.1 Å². The van der Waals surface area contributed by atoms with E-state index in [1.165, 1.54) is 0 Å². The van der Waals surface area contributed by atoms with Gasteiger partial charge in [0.05, 0.1) is 6.61 Å². The zero-order chi connectivity index (χ0) is 15.3. The van der Waals surface area contributed by atoms with Crippen molar-refractivity contribution in [1.82, 2.24) is 19.5 Å². The number of hydrogen-bond acceptors (Lipinski definition) is 9. The van der Waals surface area contributed by atoms with Crippen LogP contribution in [0.25, 0.3) is 11.2 Å². The molecule has 4 unspecified atom stereocenters. The molecule has 1 aliphatic rings. The van der Waals surface area contributed by atoms with Crippen LogP contribution in [0.15, 0.2) is 0 Å². The molecular formula is C10H13N6O5. The molecule has 21 heavy (non-hydrogen) atoms. The molecule has 11 heteroatoms. The van der Waals surface area contributed by atoms with Gasteiger partial charge in [-0.15, -0.1) is 0 Å². The summed E-state index contributed by atoms with van der Waals surface area (Å²) >= 11 is 0. The van der Waals surface area contributed by atoms with Gasteiger partial charge in [-0.3, -0.25) is 9.67 Å². The maximum atomic E-state index is 11.7. The second-order valence-corrected chi connectivity index (χ2v) is 4.63. The Hall–Kier alpha value is -2.21. The lowest BCUT2D eigenvalue weighted by atomic mass is 10.1. The van der Waals surface area contributed by atoms with Crippen LogP contribution < -0.4 is 11.5 Å². The van der Waals surface area contributed by atoms with E-state index in [9.17, 15) is 15.3 Å². The number of aliphatic hydroxyl groups is 3. The topological polar surface area (TPSA) is 185 Å². The van der Waals surface area contributed by atoms with E-state index in [0.717, 1.165) is 4.57 Å². The van der Waals surface area contributed by atoms with Gasteiger partial charge in [0.1, 0.15) is 18.3 Å². The first-order chi connectivity index (χ1) is 9.93. The maximum Gasteiger partial charge on any atom is 0.302 e. The summed E-state index contributed by atoms with van der Waals surface area (Å²) < 4.78 is 6.48. The van der Waals surface area contributed by atoms with Crippen molar-refractivity contribution in [3.8, 4) is 5.88 Å². The zero-order valence-corrected chi connectivity index (χ0v) is 10.6. The summed E-state index contributed by atoms with van der Waals surface area (Å²) in [6.45, 7) is -0.495. The van der Waals surface area contributed by atoms with E-state index in [1.807, 2.05) is 0 Å². The number of hydrogen-bond donors (Lipinski definition) is 5. The standard InChI is InChI=1S/C10H13N6O5/c11-9-14-6-3(7(20)15-9)13-10(12)16(6)8-5(19)4(18)2(1-17)21-8/h2,4-5,8,17-19H,1H2,(H2,12,13)(H2,11,14,15). The van der Waals surface area contributed by atoms with Crippen molar-refractivity contribution >= 4 is 23.1 Å². The van der Waals surface area contributed by atoms with Crippen molar-refractivity contribution in [3.05, 3.63) is 0 Å². The highest BCUT2D eigenvalue weighted by Gasteiger charge is 2.45. The normalized spacial score (nSPS) is 29.3. The molecule has 1 fully saturated rings. The van der Waals surface area contributed by atoms with Crippen LogP contribution in [-0.2, 0) is 9.84 Å². The van der Waals surface area contributed by atoms with Gasteiger partial charge < -0.3 is 31.5 Å². The molecule has 1 radical (unpaired) electrons. The molecule has 3 rings (SSSR count). The highest BCUT2D eigenvalue weighted by molar-refractivity contribution is 5.80. The molecule has 1 saturated heterocycles. The minimum absolute atomic E-state index is 0.0140. The number of rotatable bonds is 2. The van der Waals surface area contributed by atoms with Gasteiger partial charge in [0.2, 0.25) is 11.9 Å². The van der Waals surface area contributed by atoms with Gasteiger partial charge in [-0.1, -0.05) is 0 Å². The van der Waals surface area contributed by atoms with Crippen molar-refractivity contribution in [3.63, 3.8) is 0 Å². The van der Waals surface area contributed by atoms with Crippen LogP contribution >= 0.6 is 0 Å². The van der Waals surface area contributed by atoms with Crippen molar-refractivity contribution in [2.75, 3.05) is 18.1 Å². The van der Waals surface area contributed by atoms with Crippen LogP contribution in [0.4, 0.5) is 11.9 Å². The Morgan fingerprint density at radius 2 is 1.90 bits per heavy atom. The molecule has 2 aromatic heterocycles. The van der Waals surface area contributed by atoms with Crippen molar-refractivity contribution in [2.45, 2.75) is 24.5 Å². The molecule has 0 aromatic carbocycles. The van der Waals surface area contributed by atoms with Crippen LogP contribution in [0.5, 0.6) is 5.88 Å². The Bertz CT molecular complexity index is 690. The number of aliphatic hydroxyl groups excluding tert-OH is 3. The second kappa shape index (κ2) is 4.66. The van der Waals surface area contributed by atoms with E-state index < -0.39 is 37.0 Å². The van der Waals surface area contributed by atoms with Crippen molar-refractivity contribution < 1.29 is 25.2 Å². The number of nitrogens with two attached hydrogens (primary N) is 2. The fraction of sp³-hybridized carbons (Fsp3) is 0.500. The van der Waals surface area contributed by atoms with Crippen LogP contribution in [-0.4, -0.2) is 59.8 Å². The maximum absolute atomic E-state index is 11.7. The smallest absolute Gasteiger partial charge is 0.302 e. The molecule has 0 amide bonds. The summed E-state index contributed by atoms with van der Waals surface area (Å²) in [5.74, 6) is -1.15. The largest absolute Gasteiger partial charge is 0.394 e. The predicted molar refractivity (Wildman–Crippen MR) is 67.3 cm³/mol. The third-order valence-corrected chi connectivity index (χ3v) is 3.32. The Morgan fingerprint density at radius 3 is 2.52 bits per heavy atom. The third-order valence-electron chi connectivity index (χ3n) is 3.32. The Balaban J connectivity index is 2.15. The van der Waals surface area contributed by atoms with E-state index in [2.05, 4.69) is 15.0 Å². The quantitative estimate of drug-likeness (QED) is 0.408. The molecule has 11 nitrogen and oxygen atoms in total. The number of nitrogen functional groups attached to an aromatic ring is 2. The lowest BCUT2D eigenvalue weighted by Gasteiger charge is -2.17. The summed E-state index contributed by atoms with van der Waals surface area (Å²) in [7, 11) is 0. The SMILES string of the molecule is Nc1nc([O])c2nc(N)n(C3OC(CO)C(O)C3O)c2n1. The number of nitrogens with zero attached hydrogens (tertiary/aromatic N) is 4. The minimum atomic E-state index is -1.38. The fourth-order valence-corrected chi connectivity index (χ4v) is 2.33. The van der Waals surface area contributed by atoms with E-state index in [1.54, 1.807) is 0 Å². The monoisotopic (exact) mass is 297 g/mol. The number of anilines is 2. The van der Waals surface area contributed by atoms with Gasteiger partial charge in [-0.2, -0.15) is 9.97 Å². The molecular weight excluding hydrogens is 284 g/mol. The summed E-state index contributed by atoms with van der Waals surface area (Å²) in [4.78, 5) is 11.1. The van der Waals surface area contributed by atoms with Crippen molar-refractivity contribution in [1.29, 1.82) is 0 Å². The van der Waals surface area contributed by atoms with Gasteiger partial charge in [0, 0.05) is 0 Å². The summed E-state index contributed by atoms with van der Waals surface area (Å²) in [6, 6.07) is 0. The third kappa shape index (κ3) is 1.94. The lowest BCUT2D eigenvalue weighted by molar-refractivity contribution is -0.0500. The molecule has 4 atom stereocenters. The highest BCUT2D eigenvalue weighted by atomic mass is 16.6. The molecule has 0 saturated carbocycles. The van der Waals surface area contributed by atoms with E-state index in [0.29, 0.717) is 0 Å². The zero-order valence-electron chi connectivity index (χ0n) is 10.6. The summed E-state index contributed by atoms with van der Waals surface area (Å²) in [5, 5.41) is 40.6. The van der Waals surface area contributed by atoms with Crippen LogP contribution in [0.1, 0.15) is 6.23 Å². The molecule has 0 bridgehead atoms. The van der Waals surface area contributed by atoms with Gasteiger partial charge in [0.25, 0.3) is 0 Å². The van der Waals surface area contributed by atoms with Gasteiger partial charge in [-0.25, -0.2) is 4.98 Å². The van der Waals surface area contributed by atoms with Crippen molar-refractivity contribution in [2.24, 2.45) is 0 Å². The highest BCUT2D eigenvalue weighted by Crippen LogP contribution is 2.35. The van der Waals surface area contributed by atoms with Gasteiger partial charge in [-0.05, 0) is 0 Å². The summed E-state index contributed by atoms with van der Waals surface area (Å²) in [6.07, 6.45) is -4.85. The van der Waals surface area contributed by atoms with Gasteiger partial charge >= 0.3 is 5.88 Å². The van der Waals surface area contributed by atoms with E-state index >= 15 is 0 Å². The first-order valence-electron chi connectivity index (χ1n) is 6.04. The molecule has 2 aromatic rings. The average Bonchev–Trinajstić information content (AvgIpc) is 2.89. The predicted octanol–water partition coefficient (Wildman–Crippen LogP) is -2.25. The van der Waals surface area contributed by atoms with Crippen LogP contribution in [0.2, 0.25) is 0 Å². The van der Waals surface area contributed by atoms with E-state index in [4.69, 9.17) is 21.3 Å². The van der Waals surface area contributed by atoms with Crippen LogP contribution in [0, 0.1) is 0 Å². The molecule has 3 heterocycles. The Labute approximate surface area is 117 Å². The number of ether oxygens (including phenoxy) is 1. The first kappa shape index (κ1) is 13.8. The Morgan fingerprint density at radius 1 is 1.19 bits per heavy atom. The lowest BCUT2D eigenvalue weighted by Crippen LogP contribution is -2.33. The number of aromatic nitrogens is 4. The Kier molecular flexibility index (Phi) is 3.06. The average molecular weight is 297 g/mol. The minimum Gasteiger partial charge on any atom is -0.394 e.